The second-order valence-corrected chi connectivity index (χ2v) is 13.2. The predicted octanol–water partition coefficient (Wildman–Crippen LogP) is 0.210. The molecule has 2 atom stereocenters. The number of halogens is 1. The third-order valence-corrected chi connectivity index (χ3v) is 10.0. The summed E-state index contributed by atoms with van der Waals surface area (Å²) in [5, 5.41) is 0.369. The highest BCUT2D eigenvalue weighted by atomic mass is 35.5. The first kappa shape index (κ1) is 20.0. The maximum Gasteiger partial charge on any atom is 0.256 e. The Labute approximate surface area is 158 Å². The van der Waals surface area contributed by atoms with Crippen LogP contribution in [0.25, 0.3) is 0 Å². The van der Waals surface area contributed by atoms with Gasteiger partial charge in [0.1, 0.15) is 0 Å². The third-order valence-electron chi connectivity index (χ3n) is 4.45. The fourth-order valence-corrected chi connectivity index (χ4v) is 8.28. The fraction of sp³-hybridized carbons (Fsp3) is 0.571. The summed E-state index contributed by atoms with van der Waals surface area (Å²) in [4.78, 5) is -0.0421. The number of hydrazine groups is 1. The van der Waals surface area contributed by atoms with Crippen molar-refractivity contribution in [2.45, 2.75) is 29.8 Å². The first-order valence-corrected chi connectivity index (χ1v) is 13.4. The molecule has 0 unspecified atom stereocenters. The van der Waals surface area contributed by atoms with Gasteiger partial charge in [0.25, 0.3) is 10.0 Å². The van der Waals surface area contributed by atoms with E-state index >= 15 is 0 Å². The number of rotatable bonds is 5. The zero-order chi connectivity index (χ0) is 19.2. The number of sulfone groups is 2. The van der Waals surface area contributed by atoms with E-state index in [2.05, 4.69) is 5.43 Å². The molecule has 1 aromatic carbocycles. The molecule has 0 radical (unpaired) electrons. The largest absolute Gasteiger partial charge is 0.256 e. The topological polar surface area (TPSA) is 118 Å². The number of sulfonamides is 1. The van der Waals surface area contributed by atoms with Gasteiger partial charge in [0, 0.05) is 11.1 Å². The highest BCUT2D eigenvalue weighted by molar-refractivity contribution is 7.92. The van der Waals surface area contributed by atoms with Crippen molar-refractivity contribution in [3.8, 4) is 0 Å². The standard InChI is InChI=1S/C14H19ClN2O6S3/c15-11-1-3-14(4-2-11)26(22,23)17(13-6-8-25(20,21)10-13)16-12-5-7-24(18,19)9-12/h1-4,12-13,16H,5-10H2/t12-,13+/m0/s1. The molecule has 0 aromatic heterocycles. The molecule has 2 heterocycles. The van der Waals surface area contributed by atoms with Crippen LogP contribution in [0.15, 0.2) is 29.2 Å². The third kappa shape index (κ3) is 4.39. The van der Waals surface area contributed by atoms with Gasteiger partial charge in [0.2, 0.25) is 0 Å². The van der Waals surface area contributed by atoms with Crippen molar-refractivity contribution in [1.82, 2.24) is 9.84 Å². The summed E-state index contributed by atoms with van der Waals surface area (Å²) < 4.78 is 74.1. The highest BCUT2D eigenvalue weighted by Crippen LogP contribution is 2.26. The Kier molecular flexibility index (Phi) is 5.41. The van der Waals surface area contributed by atoms with Gasteiger partial charge >= 0.3 is 0 Å². The van der Waals surface area contributed by atoms with Gasteiger partial charge in [-0.1, -0.05) is 11.6 Å². The van der Waals surface area contributed by atoms with Gasteiger partial charge in [-0.3, -0.25) is 0 Å². The Balaban J connectivity index is 1.93. The number of benzene rings is 1. The van der Waals surface area contributed by atoms with E-state index in [0.29, 0.717) is 5.02 Å². The molecule has 0 bridgehead atoms. The van der Waals surface area contributed by atoms with E-state index in [1.165, 1.54) is 24.3 Å². The SMILES string of the molecule is O=S1(=O)CC[C@H](NN([C@@H]2CCS(=O)(=O)C2)S(=O)(=O)c2ccc(Cl)cc2)C1. The first-order chi connectivity index (χ1) is 12.0. The molecular formula is C14H19ClN2O6S3. The van der Waals surface area contributed by atoms with Crippen LogP contribution in [0.5, 0.6) is 0 Å². The van der Waals surface area contributed by atoms with E-state index in [9.17, 15) is 25.3 Å². The van der Waals surface area contributed by atoms with Crippen LogP contribution >= 0.6 is 11.6 Å². The van der Waals surface area contributed by atoms with Crippen LogP contribution < -0.4 is 5.43 Å². The summed E-state index contributed by atoms with van der Waals surface area (Å²) in [5.41, 5.74) is 2.77. The Bertz CT molecular complexity index is 990. The van der Waals surface area contributed by atoms with Crippen molar-refractivity contribution < 1.29 is 25.3 Å². The number of nitrogens with zero attached hydrogens (tertiary/aromatic N) is 1. The lowest BCUT2D eigenvalue weighted by Crippen LogP contribution is -2.54. The summed E-state index contributed by atoms with van der Waals surface area (Å²) in [7, 11) is -10.6. The zero-order valence-electron chi connectivity index (χ0n) is 13.7. The fourth-order valence-electron chi connectivity index (χ4n) is 3.13. The molecule has 2 saturated heterocycles. The molecule has 8 nitrogen and oxygen atoms in total. The van der Waals surface area contributed by atoms with Gasteiger partial charge in [0.05, 0.1) is 33.9 Å². The number of hydrogen-bond acceptors (Lipinski definition) is 7. The summed E-state index contributed by atoms with van der Waals surface area (Å²) >= 11 is 5.80. The highest BCUT2D eigenvalue weighted by Gasteiger charge is 2.41. The minimum atomic E-state index is -4.07. The van der Waals surface area contributed by atoms with Crippen LogP contribution in [0.4, 0.5) is 0 Å². The summed E-state index contributed by atoms with van der Waals surface area (Å²) in [6, 6.07) is 4.16. The molecule has 1 aromatic rings. The van der Waals surface area contributed by atoms with E-state index in [4.69, 9.17) is 11.6 Å². The van der Waals surface area contributed by atoms with Crippen molar-refractivity contribution in [3.63, 3.8) is 0 Å². The first-order valence-electron chi connectivity index (χ1n) is 7.96. The van der Waals surface area contributed by atoms with Crippen LogP contribution in [0, 0.1) is 0 Å². The van der Waals surface area contributed by atoms with Crippen molar-refractivity contribution in [1.29, 1.82) is 0 Å². The Morgan fingerprint density at radius 1 is 0.962 bits per heavy atom. The number of nitrogens with one attached hydrogen (secondary N) is 1. The average Bonchev–Trinajstić information content (AvgIpc) is 3.06. The zero-order valence-corrected chi connectivity index (χ0v) is 16.9. The van der Waals surface area contributed by atoms with Crippen LogP contribution in [0.1, 0.15) is 12.8 Å². The maximum atomic E-state index is 13.1. The molecule has 3 rings (SSSR count). The van der Waals surface area contributed by atoms with E-state index in [0.717, 1.165) is 4.41 Å². The molecule has 2 fully saturated rings. The second-order valence-electron chi connectivity index (χ2n) is 6.54. The Morgan fingerprint density at radius 2 is 1.54 bits per heavy atom. The van der Waals surface area contributed by atoms with Crippen LogP contribution in [-0.4, -0.2) is 64.8 Å². The van der Waals surface area contributed by atoms with E-state index < -0.39 is 41.8 Å². The molecule has 0 saturated carbocycles. The Morgan fingerprint density at radius 3 is 2.04 bits per heavy atom. The van der Waals surface area contributed by atoms with Gasteiger partial charge < -0.3 is 0 Å². The van der Waals surface area contributed by atoms with Crippen molar-refractivity contribution in [3.05, 3.63) is 29.3 Å². The molecule has 1 N–H and O–H groups in total. The van der Waals surface area contributed by atoms with Gasteiger partial charge in [-0.2, -0.15) is 0 Å². The molecule has 26 heavy (non-hydrogen) atoms. The summed E-state index contributed by atoms with van der Waals surface area (Å²) in [6.07, 6.45) is 0.427. The predicted molar refractivity (Wildman–Crippen MR) is 97.7 cm³/mol. The molecule has 0 spiro atoms. The van der Waals surface area contributed by atoms with Crippen molar-refractivity contribution in [2.75, 3.05) is 23.0 Å². The molecule has 0 amide bonds. The molecule has 12 heteroatoms. The monoisotopic (exact) mass is 442 g/mol. The summed E-state index contributed by atoms with van der Waals surface area (Å²) in [6.45, 7) is 0. The van der Waals surface area contributed by atoms with Crippen LogP contribution in [0.2, 0.25) is 5.02 Å². The van der Waals surface area contributed by atoms with E-state index in [1.54, 1.807) is 0 Å². The number of hydrogen-bond donors (Lipinski definition) is 1. The van der Waals surface area contributed by atoms with Gasteiger partial charge in [-0.25, -0.2) is 30.7 Å². The molecular weight excluding hydrogens is 424 g/mol. The van der Waals surface area contributed by atoms with Crippen molar-refractivity contribution in [2.24, 2.45) is 0 Å². The summed E-state index contributed by atoms with van der Waals surface area (Å²) in [5.74, 6) is -0.608. The Hall–Kier alpha value is -0.720. The minimum absolute atomic E-state index is 0.0253. The molecule has 2 aliphatic rings. The maximum absolute atomic E-state index is 13.1. The molecule has 0 aliphatic carbocycles. The van der Waals surface area contributed by atoms with E-state index in [-0.39, 0.29) is 40.7 Å². The minimum Gasteiger partial charge on any atom is -0.237 e. The lowest BCUT2D eigenvalue weighted by Gasteiger charge is -2.30. The normalized spacial score (nSPS) is 27.8. The smallest absolute Gasteiger partial charge is 0.237 e. The molecule has 146 valence electrons. The lowest BCUT2D eigenvalue weighted by molar-refractivity contribution is 0.229. The quantitative estimate of drug-likeness (QED) is 0.647. The van der Waals surface area contributed by atoms with E-state index in [1.807, 2.05) is 0 Å². The van der Waals surface area contributed by atoms with Crippen LogP contribution in [-0.2, 0) is 29.7 Å². The van der Waals surface area contributed by atoms with Gasteiger partial charge in [0.15, 0.2) is 19.7 Å². The van der Waals surface area contributed by atoms with Crippen LogP contribution in [0.3, 0.4) is 0 Å². The molecule has 2 aliphatic heterocycles. The lowest BCUT2D eigenvalue weighted by atomic mass is 10.2. The van der Waals surface area contributed by atoms with Crippen molar-refractivity contribution >= 4 is 41.3 Å². The second kappa shape index (κ2) is 7.02. The average molecular weight is 443 g/mol. The van der Waals surface area contributed by atoms with Gasteiger partial charge in [-0.15, -0.1) is 4.41 Å². The van der Waals surface area contributed by atoms with Gasteiger partial charge in [-0.05, 0) is 37.1 Å².